The van der Waals surface area contributed by atoms with Crippen LogP contribution in [-0.2, 0) is 68.2 Å². The third-order valence-corrected chi connectivity index (χ3v) is 14.4. The second kappa shape index (κ2) is 22.6. The zero-order valence-corrected chi connectivity index (χ0v) is 42.4. The molecular weight excluding hydrogens is 969 g/mol. The van der Waals surface area contributed by atoms with Crippen molar-refractivity contribution >= 4 is 34.3 Å². The number of esters is 2. The summed E-state index contributed by atoms with van der Waals surface area (Å²) in [6.07, 6.45) is -23.0. The van der Waals surface area contributed by atoms with Gasteiger partial charge in [-0.15, -0.1) is 0 Å². The maximum Gasteiger partial charge on any atom is 0.303 e. The lowest BCUT2D eigenvalue weighted by atomic mass is 9.75. The Balaban J connectivity index is 1.14. The topological polar surface area (TPSA) is 332 Å². The Kier molecular flexibility index (Phi) is 17.5. The molecule has 21 atom stereocenters. The molecule has 0 saturated carbocycles. The summed E-state index contributed by atoms with van der Waals surface area (Å²) in [6, 6.07) is 3.01. The van der Waals surface area contributed by atoms with E-state index >= 15 is 0 Å². The lowest BCUT2D eigenvalue weighted by Gasteiger charge is -2.46. The molecule has 7 rings (SSSR count). The standard InChI is InChI=1S/C50H70O23/c1-18-29(70-33-14-30(68-24(7)52)41(56)20(3)64-33)13-27-11-26-12-28(47(63-10)46(61)40(55)19(2)51)48(45(60)38(26)44(59)37(27)39(18)54)73-35-16-31(42(57)22(5)66-35)71-34-15-32(43(58)21(4)65-34)72-36-17-50(9,62)49(23(6)67-36)69-25(8)53/h11,13,19-23,28,30-36,40-43,47-49,51,54-59,62H,12,14-17H2,1-10H3/t19-,20-,21-,22-,23+,28+,30-,31-,32-,33+,34+,35+,36+,40+,41+,42-,43-,47+,48+,49+,50+/m1/s1. The number of methoxy groups -OCH3 is 1. The molecule has 0 unspecified atom stereocenters. The summed E-state index contributed by atoms with van der Waals surface area (Å²) in [4.78, 5) is 52.3. The minimum atomic E-state index is -1.94. The van der Waals surface area contributed by atoms with Crippen LogP contribution in [0.1, 0.15) is 103 Å². The Bertz CT molecular complexity index is 2340. The summed E-state index contributed by atoms with van der Waals surface area (Å²) in [5.41, 5.74) is -1.47. The summed E-state index contributed by atoms with van der Waals surface area (Å²) in [7, 11) is 1.18. The first kappa shape index (κ1) is 56.5. The number of hydrogen-bond acceptors (Lipinski definition) is 23. The molecule has 0 radical (unpaired) electrons. The number of benzene rings is 2. The molecule has 73 heavy (non-hydrogen) atoms. The van der Waals surface area contributed by atoms with Crippen molar-refractivity contribution in [3.63, 3.8) is 0 Å². The van der Waals surface area contributed by atoms with Crippen molar-refractivity contribution in [2.75, 3.05) is 7.11 Å². The predicted octanol–water partition coefficient (Wildman–Crippen LogP) is 1.01. The van der Waals surface area contributed by atoms with Gasteiger partial charge in [-0.3, -0.25) is 19.2 Å². The van der Waals surface area contributed by atoms with Gasteiger partial charge in [0.2, 0.25) is 6.29 Å². The Morgan fingerprint density at radius 1 is 0.740 bits per heavy atom. The molecule has 0 amide bonds. The maximum absolute atomic E-state index is 15.0. The monoisotopic (exact) mass is 1040 g/mol. The van der Waals surface area contributed by atoms with Crippen LogP contribution in [0, 0.1) is 12.8 Å². The highest BCUT2D eigenvalue weighted by Crippen LogP contribution is 2.47. The molecule has 8 N–H and O–H groups in total. The van der Waals surface area contributed by atoms with Crippen molar-refractivity contribution in [3.8, 4) is 17.2 Å². The average molecular weight is 1040 g/mol. The lowest BCUT2D eigenvalue weighted by molar-refractivity contribution is -0.334. The largest absolute Gasteiger partial charge is 0.507 e. The Morgan fingerprint density at radius 2 is 1.26 bits per heavy atom. The van der Waals surface area contributed by atoms with Gasteiger partial charge in [0.25, 0.3) is 0 Å². The van der Waals surface area contributed by atoms with E-state index in [1.807, 2.05) is 0 Å². The van der Waals surface area contributed by atoms with E-state index in [0.717, 1.165) is 0 Å². The number of ketones is 2. The van der Waals surface area contributed by atoms with Crippen LogP contribution in [0.2, 0.25) is 0 Å². The molecule has 4 heterocycles. The fraction of sp³-hybridized carbons (Fsp3) is 0.720. The van der Waals surface area contributed by atoms with Gasteiger partial charge in [-0.05, 0) is 78.0 Å². The summed E-state index contributed by atoms with van der Waals surface area (Å²) in [5, 5.41) is 89.1. The van der Waals surface area contributed by atoms with Gasteiger partial charge in [0.05, 0.1) is 53.7 Å². The molecule has 5 aliphatic rings. The van der Waals surface area contributed by atoms with Crippen molar-refractivity contribution in [1.82, 2.24) is 0 Å². The second-order valence-corrected chi connectivity index (χ2v) is 20.2. The number of carbonyl (C=O) groups excluding carboxylic acids is 4. The van der Waals surface area contributed by atoms with Gasteiger partial charge in [-0.25, -0.2) is 0 Å². The highest BCUT2D eigenvalue weighted by molar-refractivity contribution is 6.11. The first-order valence-electron chi connectivity index (χ1n) is 24.5. The van der Waals surface area contributed by atoms with E-state index in [1.54, 1.807) is 20.8 Å². The fourth-order valence-electron chi connectivity index (χ4n) is 10.6. The number of phenols is 2. The van der Waals surface area contributed by atoms with Crippen molar-refractivity contribution in [3.05, 3.63) is 28.8 Å². The van der Waals surface area contributed by atoms with Gasteiger partial charge in [-0.2, -0.15) is 0 Å². The van der Waals surface area contributed by atoms with Crippen LogP contribution in [0.4, 0.5) is 0 Å². The van der Waals surface area contributed by atoms with Crippen LogP contribution in [0.3, 0.4) is 0 Å². The van der Waals surface area contributed by atoms with Gasteiger partial charge >= 0.3 is 11.9 Å². The molecular formula is C50H70O23. The quantitative estimate of drug-likeness (QED) is 0.115. The molecule has 0 spiro atoms. The smallest absolute Gasteiger partial charge is 0.303 e. The van der Waals surface area contributed by atoms with E-state index in [0.29, 0.717) is 0 Å². The molecule has 23 nitrogen and oxygen atoms in total. The van der Waals surface area contributed by atoms with Crippen LogP contribution in [-0.4, -0.2) is 194 Å². The highest BCUT2D eigenvalue weighted by Gasteiger charge is 2.52. The van der Waals surface area contributed by atoms with Crippen LogP contribution in [0.25, 0.3) is 10.8 Å². The summed E-state index contributed by atoms with van der Waals surface area (Å²) in [5.74, 6) is -5.28. The number of phenolic OH excluding ortho intramolecular Hbond substituents is 2. The van der Waals surface area contributed by atoms with Crippen molar-refractivity contribution in [2.45, 2.75) is 217 Å². The van der Waals surface area contributed by atoms with Gasteiger partial charge in [-0.1, -0.05) is 0 Å². The number of fused-ring (bicyclic) bond motifs is 2. The Morgan fingerprint density at radius 3 is 1.81 bits per heavy atom. The third-order valence-electron chi connectivity index (χ3n) is 14.4. The van der Waals surface area contributed by atoms with Gasteiger partial charge in [0.15, 0.2) is 36.5 Å². The molecule has 4 aliphatic heterocycles. The van der Waals surface area contributed by atoms with E-state index in [9.17, 15) is 60.0 Å². The number of Topliss-reactive ketones (excluding diaryl/α,β-unsaturated/α-hetero) is 2. The van der Waals surface area contributed by atoms with Crippen LogP contribution in [0.15, 0.2) is 12.1 Å². The number of rotatable bonds is 15. The SMILES string of the molecule is CO[C@H](C(=O)[C@@H](O)[C@@H](C)O)[C@@H]1Cc2cc3cc(O[C@H]4C[C@@H](OC(C)=O)[C@@H](O)[C@@H](C)O4)c(C)c(O)c3c(O)c2C(=O)[C@H]1O[C@H]1C[C@@H](O[C@H]2C[C@@H](O[C@H]3C[C@](C)(O)[C@@H](OC(C)=O)[C@H](C)O3)[C@H](O)[C@@H](C)O2)[C@H](O)[C@@H](C)O1. The highest BCUT2D eigenvalue weighted by atomic mass is 16.7. The molecule has 0 bridgehead atoms. The fourth-order valence-corrected chi connectivity index (χ4v) is 10.6. The van der Waals surface area contributed by atoms with Gasteiger partial charge < -0.3 is 93.0 Å². The minimum Gasteiger partial charge on any atom is -0.507 e. The van der Waals surface area contributed by atoms with E-state index < -0.39 is 163 Å². The lowest BCUT2D eigenvalue weighted by Crippen LogP contribution is -2.59. The molecule has 4 saturated heterocycles. The molecule has 4 fully saturated rings. The number of hydrogen-bond donors (Lipinski definition) is 8. The zero-order valence-electron chi connectivity index (χ0n) is 42.4. The minimum absolute atomic E-state index is 0.0621. The number of ether oxygens (including phenoxy) is 11. The zero-order chi connectivity index (χ0) is 53.7. The second-order valence-electron chi connectivity index (χ2n) is 20.2. The van der Waals surface area contributed by atoms with E-state index in [4.69, 9.17) is 52.1 Å². The molecule has 2 aromatic carbocycles. The van der Waals surface area contributed by atoms with Crippen molar-refractivity contribution in [1.29, 1.82) is 0 Å². The summed E-state index contributed by atoms with van der Waals surface area (Å²) >= 11 is 0. The first-order chi connectivity index (χ1) is 34.2. The van der Waals surface area contributed by atoms with Crippen LogP contribution < -0.4 is 4.74 Å². The number of carbonyl (C=O) groups is 4. The Hall–Kier alpha value is -4.18. The average Bonchev–Trinajstić information content (AvgIpc) is 3.29. The normalized spacial score (nSPS) is 38.2. The van der Waals surface area contributed by atoms with Crippen molar-refractivity contribution in [2.24, 2.45) is 5.92 Å². The van der Waals surface area contributed by atoms with Crippen LogP contribution >= 0.6 is 0 Å². The van der Waals surface area contributed by atoms with Crippen molar-refractivity contribution < 1.29 is 112 Å². The Labute approximate surface area is 421 Å². The molecule has 23 heteroatoms. The number of aromatic hydroxyl groups is 2. The summed E-state index contributed by atoms with van der Waals surface area (Å²) < 4.78 is 65.2. The van der Waals surface area contributed by atoms with E-state index in [2.05, 4.69) is 0 Å². The maximum atomic E-state index is 15.0. The summed E-state index contributed by atoms with van der Waals surface area (Å²) in [6.45, 7) is 12.9. The molecule has 408 valence electrons. The third kappa shape index (κ3) is 11.9. The number of aliphatic hydroxyl groups excluding tert-OH is 5. The van der Waals surface area contributed by atoms with E-state index in [1.165, 1.54) is 60.8 Å². The van der Waals surface area contributed by atoms with Crippen LogP contribution in [0.5, 0.6) is 17.2 Å². The first-order valence-corrected chi connectivity index (χ1v) is 24.5. The molecule has 2 aromatic rings. The number of aliphatic hydroxyl groups is 6. The van der Waals surface area contributed by atoms with Gasteiger partial charge in [0.1, 0.15) is 65.6 Å². The molecule has 1 aliphatic carbocycles. The van der Waals surface area contributed by atoms with Gasteiger partial charge in [0, 0.05) is 58.1 Å². The predicted molar refractivity (Wildman–Crippen MR) is 248 cm³/mol. The van der Waals surface area contributed by atoms with E-state index in [-0.39, 0.29) is 65.3 Å². The molecule has 0 aromatic heterocycles.